The van der Waals surface area contributed by atoms with E-state index < -0.39 is 11.5 Å². The standard InChI is InChI=1S/C19H28O4/c1-14(2)11-16(12-17(20)23-19(3,4)5)18(21)22-13-15-9-7-6-8-10-15/h6-10,14,16H,11-13H2,1-5H3. The molecule has 4 nitrogen and oxygen atoms in total. The van der Waals surface area contributed by atoms with Crippen molar-refractivity contribution in [1.29, 1.82) is 0 Å². The predicted octanol–water partition coefficient (Wildman–Crippen LogP) is 4.12. The highest BCUT2D eigenvalue weighted by Gasteiger charge is 2.27. The second-order valence-electron chi connectivity index (χ2n) is 7.21. The first-order valence-corrected chi connectivity index (χ1v) is 8.10. The smallest absolute Gasteiger partial charge is 0.309 e. The van der Waals surface area contributed by atoms with Crippen LogP contribution in [0.2, 0.25) is 0 Å². The van der Waals surface area contributed by atoms with Gasteiger partial charge in [-0.25, -0.2) is 0 Å². The fourth-order valence-corrected chi connectivity index (χ4v) is 2.26. The van der Waals surface area contributed by atoms with E-state index in [0.717, 1.165) is 5.56 Å². The maximum atomic E-state index is 12.3. The molecule has 0 aliphatic carbocycles. The average molecular weight is 320 g/mol. The molecule has 0 saturated heterocycles. The number of hydrogen-bond acceptors (Lipinski definition) is 4. The molecule has 0 fully saturated rings. The van der Waals surface area contributed by atoms with Crippen molar-refractivity contribution in [3.05, 3.63) is 35.9 Å². The Bertz CT molecular complexity index is 500. The van der Waals surface area contributed by atoms with E-state index in [1.807, 2.05) is 65.0 Å². The van der Waals surface area contributed by atoms with Gasteiger partial charge in [0, 0.05) is 0 Å². The summed E-state index contributed by atoms with van der Waals surface area (Å²) in [5.74, 6) is -0.867. The number of hydrogen-bond donors (Lipinski definition) is 0. The predicted molar refractivity (Wildman–Crippen MR) is 89.6 cm³/mol. The topological polar surface area (TPSA) is 52.6 Å². The Hall–Kier alpha value is -1.84. The zero-order valence-electron chi connectivity index (χ0n) is 14.8. The monoisotopic (exact) mass is 320 g/mol. The minimum absolute atomic E-state index is 0.0586. The van der Waals surface area contributed by atoms with Crippen molar-refractivity contribution < 1.29 is 19.1 Å². The molecule has 0 N–H and O–H groups in total. The SMILES string of the molecule is CC(C)CC(CC(=O)OC(C)(C)C)C(=O)OCc1ccccc1. The lowest BCUT2D eigenvalue weighted by Gasteiger charge is -2.22. The lowest BCUT2D eigenvalue weighted by atomic mass is 9.94. The minimum Gasteiger partial charge on any atom is -0.461 e. The highest BCUT2D eigenvalue weighted by molar-refractivity contribution is 5.80. The minimum atomic E-state index is -0.548. The van der Waals surface area contributed by atoms with Crippen molar-refractivity contribution in [3.8, 4) is 0 Å². The second kappa shape index (κ2) is 8.70. The van der Waals surface area contributed by atoms with Crippen LogP contribution in [0.4, 0.5) is 0 Å². The summed E-state index contributed by atoms with van der Waals surface area (Å²) in [7, 11) is 0. The maximum absolute atomic E-state index is 12.3. The lowest BCUT2D eigenvalue weighted by molar-refractivity contribution is -0.162. The van der Waals surface area contributed by atoms with Crippen molar-refractivity contribution in [2.75, 3.05) is 0 Å². The van der Waals surface area contributed by atoms with Gasteiger partial charge in [-0.05, 0) is 38.7 Å². The summed E-state index contributed by atoms with van der Waals surface area (Å²) in [6.07, 6.45) is 0.663. The molecule has 1 aromatic rings. The molecule has 0 saturated carbocycles. The van der Waals surface area contributed by atoms with E-state index in [2.05, 4.69) is 0 Å². The Labute approximate surface area is 139 Å². The summed E-state index contributed by atoms with van der Waals surface area (Å²) in [4.78, 5) is 24.3. The Kier molecular flexibility index (Phi) is 7.27. The van der Waals surface area contributed by atoms with Crippen molar-refractivity contribution in [2.45, 2.75) is 59.7 Å². The molecule has 1 atom stereocenters. The fraction of sp³-hybridized carbons (Fsp3) is 0.579. The van der Waals surface area contributed by atoms with Crippen molar-refractivity contribution in [2.24, 2.45) is 11.8 Å². The molecule has 0 aliphatic rings. The van der Waals surface area contributed by atoms with Gasteiger partial charge >= 0.3 is 11.9 Å². The van der Waals surface area contributed by atoms with Crippen LogP contribution in [-0.4, -0.2) is 17.5 Å². The van der Waals surface area contributed by atoms with E-state index in [4.69, 9.17) is 9.47 Å². The zero-order chi connectivity index (χ0) is 17.5. The van der Waals surface area contributed by atoms with E-state index in [1.165, 1.54) is 0 Å². The van der Waals surface area contributed by atoms with Crippen LogP contribution in [0.3, 0.4) is 0 Å². The van der Waals surface area contributed by atoms with E-state index in [9.17, 15) is 9.59 Å². The molecule has 0 bridgehead atoms. The Morgan fingerprint density at radius 1 is 1.09 bits per heavy atom. The molecule has 128 valence electrons. The average Bonchev–Trinajstić information content (AvgIpc) is 2.42. The van der Waals surface area contributed by atoms with Gasteiger partial charge < -0.3 is 9.47 Å². The van der Waals surface area contributed by atoms with Crippen LogP contribution in [0.1, 0.15) is 53.0 Å². The third-order valence-electron chi connectivity index (χ3n) is 3.15. The summed E-state index contributed by atoms with van der Waals surface area (Å²) in [5.41, 5.74) is 0.384. The van der Waals surface area contributed by atoms with Gasteiger partial charge in [0.25, 0.3) is 0 Å². The van der Waals surface area contributed by atoms with Gasteiger partial charge in [-0.15, -0.1) is 0 Å². The van der Waals surface area contributed by atoms with Gasteiger partial charge in [0.15, 0.2) is 0 Å². The van der Waals surface area contributed by atoms with Gasteiger partial charge in [-0.3, -0.25) is 9.59 Å². The maximum Gasteiger partial charge on any atom is 0.309 e. The number of esters is 2. The molecule has 1 rings (SSSR count). The quantitative estimate of drug-likeness (QED) is 0.709. The summed E-state index contributed by atoms with van der Waals surface area (Å²) in [6, 6.07) is 9.51. The van der Waals surface area contributed by atoms with Crippen LogP contribution in [-0.2, 0) is 25.7 Å². The Balaban J connectivity index is 2.61. The number of carbonyl (C=O) groups is 2. The number of carbonyl (C=O) groups excluding carboxylic acids is 2. The van der Waals surface area contributed by atoms with Crippen LogP contribution in [0, 0.1) is 11.8 Å². The van der Waals surface area contributed by atoms with Crippen LogP contribution in [0.25, 0.3) is 0 Å². The van der Waals surface area contributed by atoms with Gasteiger partial charge in [-0.1, -0.05) is 44.2 Å². The summed E-state index contributed by atoms with van der Waals surface area (Å²) in [5, 5.41) is 0. The highest BCUT2D eigenvalue weighted by atomic mass is 16.6. The number of rotatable bonds is 7. The lowest BCUT2D eigenvalue weighted by Crippen LogP contribution is -2.28. The molecular weight excluding hydrogens is 292 g/mol. The van der Waals surface area contributed by atoms with Crippen LogP contribution in [0.5, 0.6) is 0 Å². The number of ether oxygens (including phenoxy) is 2. The van der Waals surface area contributed by atoms with E-state index in [-0.39, 0.29) is 25.0 Å². The van der Waals surface area contributed by atoms with E-state index >= 15 is 0 Å². The molecule has 1 unspecified atom stereocenters. The molecule has 0 aromatic heterocycles. The first-order valence-electron chi connectivity index (χ1n) is 8.10. The van der Waals surface area contributed by atoms with Crippen LogP contribution < -0.4 is 0 Å². The Morgan fingerprint density at radius 2 is 1.70 bits per heavy atom. The van der Waals surface area contributed by atoms with E-state index in [0.29, 0.717) is 12.3 Å². The largest absolute Gasteiger partial charge is 0.461 e. The molecular formula is C19H28O4. The summed E-state index contributed by atoms with van der Waals surface area (Å²) >= 11 is 0. The van der Waals surface area contributed by atoms with Gasteiger partial charge in [0.2, 0.25) is 0 Å². The third kappa shape index (κ3) is 8.38. The van der Waals surface area contributed by atoms with Crippen LogP contribution in [0.15, 0.2) is 30.3 Å². The van der Waals surface area contributed by atoms with Gasteiger partial charge in [0.05, 0.1) is 12.3 Å². The highest BCUT2D eigenvalue weighted by Crippen LogP contribution is 2.20. The van der Waals surface area contributed by atoms with Crippen molar-refractivity contribution in [3.63, 3.8) is 0 Å². The normalized spacial score (nSPS) is 12.8. The van der Waals surface area contributed by atoms with Gasteiger partial charge in [-0.2, -0.15) is 0 Å². The fourth-order valence-electron chi connectivity index (χ4n) is 2.26. The molecule has 4 heteroatoms. The van der Waals surface area contributed by atoms with Gasteiger partial charge in [0.1, 0.15) is 12.2 Å². The first kappa shape index (κ1) is 19.2. The summed E-state index contributed by atoms with van der Waals surface area (Å²) in [6.45, 7) is 9.71. The number of benzene rings is 1. The molecule has 1 aromatic carbocycles. The summed E-state index contributed by atoms with van der Waals surface area (Å²) < 4.78 is 10.7. The van der Waals surface area contributed by atoms with E-state index in [1.54, 1.807) is 0 Å². The zero-order valence-corrected chi connectivity index (χ0v) is 14.8. The molecule has 0 aliphatic heterocycles. The molecule has 0 radical (unpaired) electrons. The van der Waals surface area contributed by atoms with Crippen molar-refractivity contribution in [1.82, 2.24) is 0 Å². The Morgan fingerprint density at radius 3 is 2.22 bits per heavy atom. The van der Waals surface area contributed by atoms with Crippen LogP contribution >= 0.6 is 0 Å². The molecule has 0 heterocycles. The van der Waals surface area contributed by atoms with Crippen molar-refractivity contribution >= 4 is 11.9 Å². The molecule has 23 heavy (non-hydrogen) atoms. The third-order valence-corrected chi connectivity index (χ3v) is 3.15. The second-order valence-corrected chi connectivity index (χ2v) is 7.21. The molecule has 0 spiro atoms. The first-order chi connectivity index (χ1) is 10.7. The molecule has 0 amide bonds.